The number of carbonyl (C=O) groups is 1. The summed E-state index contributed by atoms with van der Waals surface area (Å²) in [5.74, 6) is -1.08. The minimum absolute atomic E-state index is 0.00383. The first kappa shape index (κ1) is 22.8. The van der Waals surface area contributed by atoms with Crippen LogP contribution in [0, 0.1) is 5.82 Å². The molecular formula is C23H19FN4O5S. The molecule has 4 aromatic rings. The molecule has 11 heteroatoms. The number of rotatable bonds is 7. The lowest BCUT2D eigenvalue weighted by molar-refractivity contribution is 0.102. The number of nitrogens with one attached hydrogen (secondary N) is 2. The van der Waals surface area contributed by atoms with Gasteiger partial charge in [-0.1, -0.05) is 12.1 Å². The fourth-order valence-corrected chi connectivity index (χ4v) is 4.18. The standard InChI is InChI=1S/C23H19FN4O5S/c1-33-22-5-3-2-4-18(22)27-34(31,32)17-10-11-21(29)20(14-17)25-23(30)19-12-13-28(26-19)16-8-6-15(24)7-9-16/h2-14,27,29H,1H3,(H,25,30). The van der Waals surface area contributed by atoms with Crippen LogP contribution in [0.15, 0.2) is 83.9 Å². The highest BCUT2D eigenvalue weighted by Gasteiger charge is 2.20. The molecule has 34 heavy (non-hydrogen) atoms. The van der Waals surface area contributed by atoms with Gasteiger partial charge in [0.05, 0.1) is 29.1 Å². The normalized spacial score (nSPS) is 11.1. The second-order valence-electron chi connectivity index (χ2n) is 7.06. The van der Waals surface area contributed by atoms with Gasteiger partial charge in [0, 0.05) is 6.20 Å². The smallest absolute Gasteiger partial charge is 0.276 e. The number of ether oxygens (including phenoxy) is 1. The van der Waals surface area contributed by atoms with Gasteiger partial charge in [-0.05, 0) is 60.7 Å². The molecule has 4 rings (SSSR count). The van der Waals surface area contributed by atoms with Crippen molar-refractivity contribution in [2.75, 3.05) is 17.1 Å². The number of sulfonamides is 1. The van der Waals surface area contributed by atoms with Gasteiger partial charge in [0.2, 0.25) is 0 Å². The first-order valence-electron chi connectivity index (χ1n) is 9.88. The van der Waals surface area contributed by atoms with Crippen molar-refractivity contribution in [1.82, 2.24) is 9.78 Å². The Morgan fingerprint density at radius 2 is 1.76 bits per heavy atom. The number of benzene rings is 3. The SMILES string of the molecule is COc1ccccc1NS(=O)(=O)c1ccc(O)c(NC(=O)c2ccn(-c3ccc(F)cc3)n2)c1. The Balaban J connectivity index is 1.55. The molecule has 0 saturated heterocycles. The second kappa shape index (κ2) is 9.24. The van der Waals surface area contributed by atoms with Gasteiger partial charge in [-0.3, -0.25) is 9.52 Å². The van der Waals surface area contributed by atoms with Gasteiger partial charge in [0.15, 0.2) is 5.69 Å². The van der Waals surface area contributed by atoms with E-state index in [0.29, 0.717) is 11.4 Å². The van der Waals surface area contributed by atoms with E-state index in [-0.39, 0.29) is 27.7 Å². The third kappa shape index (κ3) is 4.84. The summed E-state index contributed by atoms with van der Waals surface area (Å²) in [6, 6.07) is 16.9. The summed E-state index contributed by atoms with van der Waals surface area (Å²) in [5, 5.41) is 16.8. The van der Waals surface area contributed by atoms with E-state index in [4.69, 9.17) is 4.74 Å². The second-order valence-corrected chi connectivity index (χ2v) is 8.74. The number of methoxy groups -OCH3 is 1. The molecule has 3 N–H and O–H groups in total. The zero-order valence-electron chi connectivity index (χ0n) is 17.8. The molecule has 0 saturated carbocycles. The maximum Gasteiger partial charge on any atom is 0.276 e. The number of anilines is 2. The number of para-hydroxylation sites is 2. The topological polar surface area (TPSA) is 123 Å². The van der Waals surface area contributed by atoms with Crippen LogP contribution < -0.4 is 14.8 Å². The lowest BCUT2D eigenvalue weighted by Crippen LogP contribution is -2.16. The molecule has 0 atom stereocenters. The number of aromatic hydroxyl groups is 1. The summed E-state index contributed by atoms with van der Waals surface area (Å²) < 4.78 is 47.8. The largest absolute Gasteiger partial charge is 0.506 e. The van der Waals surface area contributed by atoms with Crippen LogP contribution in [-0.4, -0.2) is 36.3 Å². The third-order valence-electron chi connectivity index (χ3n) is 4.79. The van der Waals surface area contributed by atoms with E-state index >= 15 is 0 Å². The van der Waals surface area contributed by atoms with E-state index in [2.05, 4.69) is 15.1 Å². The number of nitrogens with zero attached hydrogens (tertiary/aromatic N) is 2. The predicted octanol–water partition coefficient (Wildman–Crippen LogP) is 3.78. The van der Waals surface area contributed by atoms with Crippen LogP contribution in [-0.2, 0) is 10.0 Å². The molecule has 0 bridgehead atoms. The fraction of sp³-hybridized carbons (Fsp3) is 0.0435. The summed E-state index contributed by atoms with van der Waals surface area (Å²) in [7, 11) is -2.65. The Bertz CT molecular complexity index is 1450. The highest BCUT2D eigenvalue weighted by Crippen LogP contribution is 2.30. The molecular weight excluding hydrogens is 463 g/mol. The van der Waals surface area contributed by atoms with Crippen molar-refractivity contribution >= 4 is 27.3 Å². The van der Waals surface area contributed by atoms with Crippen LogP contribution in [0.25, 0.3) is 5.69 Å². The average molecular weight is 482 g/mol. The number of aromatic nitrogens is 2. The minimum atomic E-state index is -4.06. The summed E-state index contributed by atoms with van der Waals surface area (Å²) in [6.07, 6.45) is 1.51. The monoisotopic (exact) mass is 482 g/mol. The predicted molar refractivity (Wildman–Crippen MR) is 123 cm³/mol. The number of amides is 1. The van der Waals surface area contributed by atoms with Crippen LogP contribution in [0.2, 0.25) is 0 Å². The van der Waals surface area contributed by atoms with E-state index in [1.807, 2.05) is 0 Å². The molecule has 9 nitrogen and oxygen atoms in total. The Kier molecular flexibility index (Phi) is 6.19. The number of halogens is 1. The summed E-state index contributed by atoms with van der Waals surface area (Å²) in [5.41, 5.74) is 0.655. The van der Waals surface area contributed by atoms with Crippen molar-refractivity contribution in [1.29, 1.82) is 0 Å². The lowest BCUT2D eigenvalue weighted by atomic mass is 10.3. The highest BCUT2D eigenvalue weighted by atomic mass is 32.2. The highest BCUT2D eigenvalue weighted by molar-refractivity contribution is 7.92. The van der Waals surface area contributed by atoms with Crippen molar-refractivity contribution in [3.8, 4) is 17.2 Å². The number of hydrogen-bond acceptors (Lipinski definition) is 6. The van der Waals surface area contributed by atoms with Crippen LogP contribution in [0.5, 0.6) is 11.5 Å². The third-order valence-corrected chi connectivity index (χ3v) is 6.15. The van der Waals surface area contributed by atoms with Gasteiger partial charge in [0.1, 0.15) is 17.3 Å². The first-order valence-corrected chi connectivity index (χ1v) is 11.4. The van der Waals surface area contributed by atoms with Gasteiger partial charge in [-0.2, -0.15) is 5.10 Å². The van der Waals surface area contributed by atoms with Crippen molar-refractivity contribution in [2.45, 2.75) is 4.90 Å². The van der Waals surface area contributed by atoms with Gasteiger partial charge in [-0.25, -0.2) is 17.5 Å². The quantitative estimate of drug-likeness (QED) is 0.345. The number of phenols is 1. The summed E-state index contributed by atoms with van der Waals surface area (Å²) in [4.78, 5) is 12.5. The van der Waals surface area contributed by atoms with Gasteiger partial charge in [-0.15, -0.1) is 0 Å². The van der Waals surface area contributed by atoms with E-state index in [0.717, 1.165) is 12.1 Å². The fourth-order valence-electron chi connectivity index (χ4n) is 3.08. The Morgan fingerprint density at radius 3 is 2.50 bits per heavy atom. The van der Waals surface area contributed by atoms with Crippen molar-refractivity contribution in [3.63, 3.8) is 0 Å². The number of hydrogen-bond donors (Lipinski definition) is 3. The van der Waals surface area contributed by atoms with Gasteiger partial charge < -0.3 is 15.2 Å². The molecule has 1 aromatic heterocycles. The maximum absolute atomic E-state index is 13.1. The van der Waals surface area contributed by atoms with E-state index in [9.17, 15) is 22.7 Å². The Hall–Kier alpha value is -4.38. The molecule has 0 aliphatic carbocycles. The number of carbonyl (C=O) groups excluding carboxylic acids is 1. The Labute approximate surface area is 194 Å². The van der Waals surface area contributed by atoms with Gasteiger partial charge >= 0.3 is 0 Å². The van der Waals surface area contributed by atoms with Crippen LogP contribution in [0.1, 0.15) is 10.5 Å². The molecule has 1 heterocycles. The molecule has 0 aliphatic heterocycles. The lowest BCUT2D eigenvalue weighted by Gasteiger charge is -2.13. The van der Waals surface area contributed by atoms with Gasteiger partial charge in [0.25, 0.3) is 15.9 Å². The van der Waals surface area contributed by atoms with Crippen molar-refractivity contribution in [3.05, 3.63) is 90.5 Å². The average Bonchev–Trinajstić information content (AvgIpc) is 3.31. The van der Waals surface area contributed by atoms with Crippen LogP contribution in [0.3, 0.4) is 0 Å². The molecule has 0 unspecified atom stereocenters. The van der Waals surface area contributed by atoms with Crippen molar-refractivity contribution in [2.24, 2.45) is 0 Å². The van der Waals surface area contributed by atoms with E-state index < -0.39 is 21.7 Å². The van der Waals surface area contributed by atoms with Crippen molar-refractivity contribution < 1.29 is 27.4 Å². The van der Waals surface area contributed by atoms with Crippen LogP contribution in [0.4, 0.5) is 15.8 Å². The van der Waals surface area contributed by atoms with E-state index in [1.54, 1.807) is 18.2 Å². The maximum atomic E-state index is 13.1. The molecule has 174 valence electrons. The zero-order valence-corrected chi connectivity index (χ0v) is 18.6. The molecule has 0 fully saturated rings. The number of phenolic OH excluding ortho intramolecular Hbond substituents is 1. The zero-order chi connectivity index (χ0) is 24.3. The summed E-state index contributed by atoms with van der Waals surface area (Å²) >= 11 is 0. The molecule has 1 amide bonds. The molecule has 0 radical (unpaired) electrons. The molecule has 0 spiro atoms. The van der Waals surface area contributed by atoms with Crippen LogP contribution >= 0.6 is 0 Å². The van der Waals surface area contributed by atoms with E-state index in [1.165, 1.54) is 60.5 Å². The minimum Gasteiger partial charge on any atom is -0.506 e. The molecule has 0 aliphatic rings. The molecule has 3 aromatic carbocycles. The summed E-state index contributed by atoms with van der Waals surface area (Å²) in [6.45, 7) is 0. The first-order chi connectivity index (χ1) is 16.3. The Morgan fingerprint density at radius 1 is 1.03 bits per heavy atom.